The largest absolute Gasteiger partial charge is 0.393 e. The fraction of sp³-hybridized carbons (Fsp3) is 1.00. The first kappa shape index (κ1) is 11.4. The van der Waals surface area contributed by atoms with E-state index in [4.69, 9.17) is 0 Å². The quantitative estimate of drug-likeness (QED) is 0.663. The highest BCUT2D eigenvalue weighted by atomic mass is 16.3. The molecule has 0 aromatic carbocycles. The highest BCUT2D eigenvalue weighted by molar-refractivity contribution is 4.78. The summed E-state index contributed by atoms with van der Waals surface area (Å²) < 4.78 is 0. The van der Waals surface area contributed by atoms with Gasteiger partial charge in [-0.05, 0) is 44.7 Å². The van der Waals surface area contributed by atoms with Crippen LogP contribution in [0, 0.1) is 5.92 Å². The zero-order valence-electron chi connectivity index (χ0n) is 9.62. The van der Waals surface area contributed by atoms with Gasteiger partial charge in [-0.25, -0.2) is 0 Å². The van der Waals surface area contributed by atoms with E-state index in [-0.39, 0.29) is 6.10 Å². The van der Waals surface area contributed by atoms with E-state index in [2.05, 4.69) is 10.2 Å². The molecule has 88 valence electrons. The summed E-state index contributed by atoms with van der Waals surface area (Å²) in [6, 6.07) is 0. The molecule has 2 atom stereocenters. The number of likely N-dealkylation sites (tertiary alicyclic amines) is 1. The lowest BCUT2D eigenvalue weighted by Gasteiger charge is -2.18. The molecule has 15 heavy (non-hydrogen) atoms. The van der Waals surface area contributed by atoms with Gasteiger partial charge < -0.3 is 15.3 Å². The van der Waals surface area contributed by atoms with Crippen molar-refractivity contribution in [2.45, 2.75) is 38.2 Å². The zero-order chi connectivity index (χ0) is 10.5. The molecule has 3 heteroatoms. The number of nitrogens with one attached hydrogen (secondary N) is 1. The molecule has 0 bridgehead atoms. The Bertz CT molecular complexity index is 180. The topological polar surface area (TPSA) is 35.5 Å². The van der Waals surface area contributed by atoms with Gasteiger partial charge in [-0.3, -0.25) is 0 Å². The summed E-state index contributed by atoms with van der Waals surface area (Å²) in [5.41, 5.74) is 0. The third-order valence-electron chi connectivity index (χ3n) is 3.83. The molecule has 0 aromatic heterocycles. The van der Waals surface area contributed by atoms with E-state index in [9.17, 15) is 5.11 Å². The molecule has 1 saturated carbocycles. The molecule has 3 nitrogen and oxygen atoms in total. The van der Waals surface area contributed by atoms with E-state index in [1.54, 1.807) is 0 Å². The van der Waals surface area contributed by atoms with Gasteiger partial charge in [0.25, 0.3) is 0 Å². The van der Waals surface area contributed by atoms with Gasteiger partial charge in [-0.2, -0.15) is 0 Å². The molecule has 2 rings (SSSR count). The average Bonchev–Trinajstić information content (AvgIpc) is 2.85. The summed E-state index contributed by atoms with van der Waals surface area (Å²) in [7, 11) is 0. The van der Waals surface area contributed by atoms with E-state index >= 15 is 0 Å². The molecule has 2 aliphatic rings. The SMILES string of the molecule is OC1CCCC1CNCCN1CCCC1. The van der Waals surface area contributed by atoms with Crippen molar-refractivity contribution in [3.05, 3.63) is 0 Å². The Labute approximate surface area is 92.8 Å². The van der Waals surface area contributed by atoms with Crippen LogP contribution in [0.2, 0.25) is 0 Å². The summed E-state index contributed by atoms with van der Waals surface area (Å²) >= 11 is 0. The Kier molecular flexibility index (Phi) is 4.42. The number of rotatable bonds is 5. The molecule has 0 spiro atoms. The molecular weight excluding hydrogens is 188 g/mol. The van der Waals surface area contributed by atoms with E-state index in [1.165, 1.54) is 45.3 Å². The van der Waals surface area contributed by atoms with Crippen molar-refractivity contribution in [1.82, 2.24) is 10.2 Å². The maximum absolute atomic E-state index is 9.65. The minimum atomic E-state index is -0.0377. The van der Waals surface area contributed by atoms with Crippen molar-refractivity contribution >= 4 is 0 Å². The van der Waals surface area contributed by atoms with Crippen LogP contribution in [0.25, 0.3) is 0 Å². The second kappa shape index (κ2) is 5.83. The lowest BCUT2D eigenvalue weighted by molar-refractivity contribution is 0.131. The Balaban J connectivity index is 1.51. The summed E-state index contributed by atoms with van der Waals surface area (Å²) in [6.45, 7) is 5.85. The van der Waals surface area contributed by atoms with Crippen LogP contribution in [0.5, 0.6) is 0 Å². The number of hydrogen-bond donors (Lipinski definition) is 2. The van der Waals surface area contributed by atoms with Crippen LogP contribution in [-0.2, 0) is 0 Å². The Morgan fingerprint density at radius 2 is 1.93 bits per heavy atom. The predicted octanol–water partition coefficient (Wildman–Crippen LogP) is 0.833. The second-order valence-corrected chi connectivity index (χ2v) is 5.01. The minimum Gasteiger partial charge on any atom is -0.393 e. The number of aliphatic hydroxyl groups excluding tert-OH is 1. The molecule has 0 amide bonds. The molecule has 1 aliphatic heterocycles. The van der Waals surface area contributed by atoms with Gasteiger partial charge >= 0.3 is 0 Å². The predicted molar refractivity (Wildman–Crippen MR) is 61.9 cm³/mol. The fourth-order valence-electron chi connectivity index (χ4n) is 2.79. The number of aliphatic hydroxyl groups is 1. The molecule has 1 heterocycles. The smallest absolute Gasteiger partial charge is 0.0580 e. The van der Waals surface area contributed by atoms with Gasteiger partial charge in [0.15, 0.2) is 0 Å². The van der Waals surface area contributed by atoms with Gasteiger partial charge in [0.05, 0.1) is 6.10 Å². The van der Waals surface area contributed by atoms with Crippen molar-refractivity contribution < 1.29 is 5.11 Å². The fourth-order valence-corrected chi connectivity index (χ4v) is 2.79. The zero-order valence-corrected chi connectivity index (χ0v) is 9.62. The summed E-state index contributed by atoms with van der Waals surface area (Å²) in [6.07, 6.45) is 6.14. The number of nitrogens with zero attached hydrogens (tertiary/aromatic N) is 1. The third-order valence-corrected chi connectivity index (χ3v) is 3.83. The molecule has 2 unspecified atom stereocenters. The first-order valence-corrected chi connectivity index (χ1v) is 6.47. The monoisotopic (exact) mass is 212 g/mol. The summed E-state index contributed by atoms with van der Waals surface area (Å²) in [4.78, 5) is 2.53. The van der Waals surface area contributed by atoms with Crippen LogP contribution in [0.15, 0.2) is 0 Å². The normalized spacial score (nSPS) is 32.6. The standard InChI is InChI=1S/C12H24N2O/c15-12-5-3-4-11(12)10-13-6-9-14-7-1-2-8-14/h11-13,15H,1-10H2. The van der Waals surface area contributed by atoms with Crippen molar-refractivity contribution in [3.8, 4) is 0 Å². The van der Waals surface area contributed by atoms with Gasteiger partial charge in [-0.1, -0.05) is 6.42 Å². The van der Waals surface area contributed by atoms with Gasteiger partial charge in [0, 0.05) is 19.6 Å². The maximum Gasteiger partial charge on any atom is 0.0580 e. The van der Waals surface area contributed by atoms with E-state index in [0.29, 0.717) is 5.92 Å². The lowest BCUT2D eigenvalue weighted by Crippen LogP contribution is -2.34. The minimum absolute atomic E-state index is 0.0377. The van der Waals surface area contributed by atoms with Crippen molar-refractivity contribution in [2.75, 3.05) is 32.7 Å². The molecule has 0 aromatic rings. The van der Waals surface area contributed by atoms with Crippen LogP contribution in [0.3, 0.4) is 0 Å². The van der Waals surface area contributed by atoms with E-state index < -0.39 is 0 Å². The van der Waals surface area contributed by atoms with Crippen LogP contribution in [0.4, 0.5) is 0 Å². The highest BCUT2D eigenvalue weighted by Crippen LogP contribution is 2.24. The molecule has 1 saturated heterocycles. The average molecular weight is 212 g/mol. The van der Waals surface area contributed by atoms with Crippen LogP contribution >= 0.6 is 0 Å². The second-order valence-electron chi connectivity index (χ2n) is 5.01. The molecule has 2 fully saturated rings. The Morgan fingerprint density at radius 1 is 1.13 bits per heavy atom. The van der Waals surface area contributed by atoms with Crippen LogP contribution in [0.1, 0.15) is 32.1 Å². The van der Waals surface area contributed by atoms with Crippen molar-refractivity contribution in [1.29, 1.82) is 0 Å². The Morgan fingerprint density at radius 3 is 2.60 bits per heavy atom. The van der Waals surface area contributed by atoms with E-state index in [1.807, 2.05) is 0 Å². The van der Waals surface area contributed by atoms with Crippen LogP contribution in [-0.4, -0.2) is 48.8 Å². The lowest BCUT2D eigenvalue weighted by atomic mass is 10.1. The van der Waals surface area contributed by atoms with Crippen molar-refractivity contribution in [2.24, 2.45) is 5.92 Å². The molecule has 0 radical (unpaired) electrons. The van der Waals surface area contributed by atoms with E-state index in [0.717, 1.165) is 19.5 Å². The molecule has 2 N–H and O–H groups in total. The van der Waals surface area contributed by atoms with Crippen molar-refractivity contribution in [3.63, 3.8) is 0 Å². The first-order chi connectivity index (χ1) is 7.36. The maximum atomic E-state index is 9.65. The van der Waals surface area contributed by atoms with Gasteiger partial charge in [0.2, 0.25) is 0 Å². The number of hydrogen-bond acceptors (Lipinski definition) is 3. The molecular formula is C12H24N2O. The first-order valence-electron chi connectivity index (χ1n) is 6.47. The highest BCUT2D eigenvalue weighted by Gasteiger charge is 2.24. The third kappa shape index (κ3) is 3.44. The van der Waals surface area contributed by atoms with Crippen LogP contribution < -0.4 is 5.32 Å². The van der Waals surface area contributed by atoms with Gasteiger partial charge in [0.1, 0.15) is 0 Å². The summed E-state index contributed by atoms with van der Waals surface area (Å²) in [5, 5.41) is 13.1. The van der Waals surface area contributed by atoms with Gasteiger partial charge in [-0.15, -0.1) is 0 Å². The Hall–Kier alpha value is -0.120. The molecule has 1 aliphatic carbocycles. The summed E-state index contributed by atoms with van der Waals surface area (Å²) in [5.74, 6) is 0.517.